The number of carbonyl (C=O) groups excluding carboxylic acids is 1. The number of aromatic nitrogens is 2. The summed E-state index contributed by atoms with van der Waals surface area (Å²) in [6.07, 6.45) is 1.54. The number of benzene rings is 2. The van der Waals surface area contributed by atoms with Gasteiger partial charge in [-0.25, -0.2) is 4.68 Å². The third kappa shape index (κ3) is 3.92. The summed E-state index contributed by atoms with van der Waals surface area (Å²) in [5, 5.41) is 5.35. The number of carbonyl (C=O) groups is 1. The van der Waals surface area contributed by atoms with Gasteiger partial charge in [0.25, 0.3) is 5.91 Å². The molecule has 1 amide bonds. The van der Waals surface area contributed by atoms with Gasteiger partial charge in [0.1, 0.15) is 6.10 Å². The Morgan fingerprint density at radius 2 is 1.86 bits per heavy atom. The van der Waals surface area contributed by atoms with Crippen molar-refractivity contribution in [3.63, 3.8) is 0 Å². The summed E-state index contributed by atoms with van der Waals surface area (Å²) in [5.41, 5.74) is 2.19. The second-order valence-electron chi connectivity index (χ2n) is 6.80. The first kappa shape index (κ1) is 19.0. The zero-order valence-corrected chi connectivity index (χ0v) is 16.8. The van der Waals surface area contributed by atoms with Crippen LogP contribution in [0.25, 0.3) is 5.69 Å². The fraction of sp³-hybridized carbons (Fsp3) is 0.238. The number of hydrogen-bond donors (Lipinski definition) is 0. The van der Waals surface area contributed by atoms with E-state index in [1.807, 2.05) is 37.3 Å². The van der Waals surface area contributed by atoms with Crippen LogP contribution in [0.4, 0.5) is 0 Å². The molecule has 7 heteroatoms. The summed E-state index contributed by atoms with van der Waals surface area (Å²) in [7, 11) is 0. The molecular weight excluding hydrogens is 397 g/mol. The summed E-state index contributed by atoms with van der Waals surface area (Å²) in [4.78, 5) is 14.8. The van der Waals surface area contributed by atoms with Gasteiger partial charge in [-0.05, 0) is 36.8 Å². The SMILES string of the molecule is CC1CN(C(=O)c2ccn(-c3ccc(Cl)c(Cl)c3)n2)CC(c2ccccc2)O1. The molecule has 3 aromatic rings. The number of ether oxygens (including phenoxy) is 1. The minimum absolute atomic E-state index is 0.0555. The number of morpholine rings is 1. The van der Waals surface area contributed by atoms with Crippen LogP contribution >= 0.6 is 23.2 Å². The van der Waals surface area contributed by atoms with Crippen molar-refractivity contribution in [3.05, 3.63) is 82.1 Å². The fourth-order valence-corrected chi connectivity index (χ4v) is 3.63. The molecule has 2 aromatic carbocycles. The quantitative estimate of drug-likeness (QED) is 0.618. The van der Waals surface area contributed by atoms with Gasteiger partial charge in [0.15, 0.2) is 5.69 Å². The van der Waals surface area contributed by atoms with Crippen molar-refractivity contribution in [2.75, 3.05) is 13.1 Å². The lowest BCUT2D eigenvalue weighted by molar-refractivity contribution is -0.0693. The van der Waals surface area contributed by atoms with Crippen LogP contribution in [0, 0.1) is 0 Å². The Hall–Kier alpha value is -2.34. The highest BCUT2D eigenvalue weighted by atomic mass is 35.5. The average Bonchev–Trinajstić information content (AvgIpc) is 3.20. The monoisotopic (exact) mass is 415 g/mol. The van der Waals surface area contributed by atoms with Gasteiger partial charge in [-0.15, -0.1) is 0 Å². The Morgan fingerprint density at radius 1 is 1.07 bits per heavy atom. The molecule has 0 aliphatic carbocycles. The summed E-state index contributed by atoms with van der Waals surface area (Å²) in [5.74, 6) is -0.116. The first-order chi connectivity index (χ1) is 13.5. The maximum absolute atomic E-state index is 13.0. The molecule has 2 heterocycles. The average molecular weight is 416 g/mol. The van der Waals surface area contributed by atoms with Gasteiger partial charge in [-0.3, -0.25) is 4.79 Å². The Bertz CT molecular complexity index is 990. The number of nitrogens with zero attached hydrogens (tertiary/aromatic N) is 3. The van der Waals surface area contributed by atoms with Crippen LogP contribution in [0.15, 0.2) is 60.8 Å². The molecule has 0 spiro atoms. The molecule has 28 heavy (non-hydrogen) atoms. The number of amides is 1. The molecule has 144 valence electrons. The van der Waals surface area contributed by atoms with E-state index in [1.165, 1.54) is 0 Å². The lowest BCUT2D eigenvalue weighted by Gasteiger charge is -2.36. The lowest BCUT2D eigenvalue weighted by Crippen LogP contribution is -2.46. The highest BCUT2D eigenvalue weighted by Gasteiger charge is 2.30. The maximum Gasteiger partial charge on any atom is 0.274 e. The molecule has 0 radical (unpaired) electrons. The molecule has 2 atom stereocenters. The van der Waals surface area contributed by atoms with Crippen molar-refractivity contribution in [1.82, 2.24) is 14.7 Å². The van der Waals surface area contributed by atoms with E-state index in [1.54, 1.807) is 40.0 Å². The van der Waals surface area contributed by atoms with E-state index in [9.17, 15) is 4.79 Å². The molecule has 5 nitrogen and oxygen atoms in total. The van der Waals surface area contributed by atoms with E-state index in [4.69, 9.17) is 27.9 Å². The molecule has 0 saturated carbocycles. The summed E-state index contributed by atoms with van der Waals surface area (Å²) in [6, 6.07) is 16.9. The topological polar surface area (TPSA) is 47.4 Å². The van der Waals surface area contributed by atoms with Gasteiger partial charge in [-0.2, -0.15) is 5.10 Å². The molecule has 0 N–H and O–H groups in total. The summed E-state index contributed by atoms with van der Waals surface area (Å²) >= 11 is 12.1. The van der Waals surface area contributed by atoms with Gasteiger partial charge >= 0.3 is 0 Å². The van der Waals surface area contributed by atoms with Crippen molar-refractivity contribution in [3.8, 4) is 5.69 Å². The highest BCUT2D eigenvalue weighted by molar-refractivity contribution is 6.42. The fourth-order valence-electron chi connectivity index (χ4n) is 3.34. The molecule has 2 unspecified atom stereocenters. The normalized spacial score (nSPS) is 19.6. The highest BCUT2D eigenvalue weighted by Crippen LogP contribution is 2.27. The smallest absolute Gasteiger partial charge is 0.274 e. The second kappa shape index (κ2) is 7.95. The third-order valence-corrected chi connectivity index (χ3v) is 5.43. The zero-order valence-electron chi connectivity index (χ0n) is 15.3. The Balaban J connectivity index is 1.54. The molecule has 1 aliphatic heterocycles. The van der Waals surface area contributed by atoms with Crippen molar-refractivity contribution in [2.24, 2.45) is 0 Å². The van der Waals surface area contributed by atoms with E-state index < -0.39 is 0 Å². The molecular formula is C21H19Cl2N3O2. The first-order valence-corrected chi connectivity index (χ1v) is 9.77. The Kier molecular flexibility index (Phi) is 5.40. The minimum Gasteiger partial charge on any atom is -0.367 e. The van der Waals surface area contributed by atoms with E-state index >= 15 is 0 Å². The third-order valence-electron chi connectivity index (χ3n) is 4.69. The first-order valence-electron chi connectivity index (χ1n) is 9.02. The van der Waals surface area contributed by atoms with E-state index in [2.05, 4.69) is 5.10 Å². The van der Waals surface area contributed by atoms with Crippen molar-refractivity contribution < 1.29 is 9.53 Å². The number of halogens is 2. The van der Waals surface area contributed by atoms with E-state index in [0.717, 1.165) is 11.3 Å². The van der Waals surface area contributed by atoms with E-state index in [0.29, 0.717) is 28.8 Å². The van der Waals surface area contributed by atoms with Crippen LogP contribution in [0.5, 0.6) is 0 Å². The maximum atomic E-state index is 13.0. The molecule has 1 aliphatic rings. The molecule has 0 bridgehead atoms. The summed E-state index contributed by atoms with van der Waals surface area (Å²) < 4.78 is 7.66. The largest absolute Gasteiger partial charge is 0.367 e. The Labute approximate surface area is 173 Å². The number of hydrogen-bond acceptors (Lipinski definition) is 3. The zero-order chi connectivity index (χ0) is 19.7. The van der Waals surface area contributed by atoms with Crippen LogP contribution in [-0.2, 0) is 4.74 Å². The Morgan fingerprint density at radius 3 is 2.61 bits per heavy atom. The molecule has 4 rings (SSSR count). The van der Waals surface area contributed by atoms with Crippen LogP contribution in [0.1, 0.15) is 29.1 Å². The van der Waals surface area contributed by atoms with Gasteiger partial charge in [-0.1, -0.05) is 53.5 Å². The standard InChI is InChI=1S/C21H19Cl2N3O2/c1-14-12-25(13-20(28-14)15-5-3-2-4-6-15)21(27)19-9-10-26(24-19)16-7-8-17(22)18(23)11-16/h2-11,14,20H,12-13H2,1H3. The second-order valence-corrected chi connectivity index (χ2v) is 7.61. The van der Waals surface area contributed by atoms with Crippen molar-refractivity contribution in [2.45, 2.75) is 19.1 Å². The van der Waals surface area contributed by atoms with Gasteiger partial charge in [0.2, 0.25) is 0 Å². The van der Waals surface area contributed by atoms with Crippen LogP contribution in [0.3, 0.4) is 0 Å². The van der Waals surface area contributed by atoms with Crippen molar-refractivity contribution in [1.29, 1.82) is 0 Å². The molecule has 1 aromatic heterocycles. The number of rotatable bonds is 3. The lowest BCUT2D eigenvalue weighted by atomic mass is 10.1. The minimum atomic E-state index is -0.147. The van der Waals surface area contributed by atoms with E-state index in [-0.39, 0.29) is 18.1 Å². The van der Waals surface area contributed by atoms with Crippen LogP contribution in [-0.4, -0.2) is 39.8 Å². The van der Waals surface area contributed by atoms with Crippen molar-refractivity contribution >= 4 is 29.1 Å². The van der Waals surface area contributed by atoms with Gasteiger partial charge in [0.05, 0.1) is 28.4 Å². The predicted octanol–water partition coefficient (Wildman–Crippen LogP) is 4.78. The summed E-state index contributed by atoms with van der Waals surface area (Å²) in [6.45, 7) is 3.00. The molecule has 1 saturated heterocycles. The van der Waals surface area contributed by atoms with Gasteiger partial charge in [0, 0.05) is 12.7 Å². The van der Waals surface area contributed by atoms with Gasteiger partial charge < -0.3 is 9.64 Å². The van der Waals surface area contributed by atoms with Crippen LogP contribution in [0.2, 0.25) is 10.0 Å². The van der Waals surface area contributed by atoms with Crippen LogP contribution < -0.4 is 0 Å². The molecule has 1 fully saturated rings. The predicted molar refractivity (Wildman–Crippen MR) is 109 cm³/mol.